The average molecular weight is 317 g/mol. The van der Waals surface area contributed by atoms with Gasteiger partial charge in [0.25, 0.3) is 0 Å². The van der Waals surface area contributed by atoms with Gasteiger partial charge in [0, 0.05) is 19.1 Å². The third-order valence-corrected chi connectivity index (χ3v) is 4.79. The highest BCUT2D eigenvalue weighted by Crippen LogP contribution is 2.28. The van der Waals surface area contributed by atoms with Crippen molar-refractivity contribution in [2.45, 2.75) is 39.7 Å². The number of hydrogen-bond acceptors (Lipinski definition) is 2. The average Bonchev–Trinajstić information content (AvgIpc) is 2.46. The van der Waals surface area contributed by atoms with Crippen molar-refractivity contribution < 1.29 is 0 Å². The maximum atomic E-state index is 6.13. The van der Waals surface area contributed by atoms with Crippen molar-refractivity contribution in [1.29, 1.82) is 0 Å². The molecule has 0 amide bonds. The van der Waals surface area contributed by atoms with E-state index in [1.807, 2.05) is 18.2 Å². The molecule has 0 aliphatic carbocycles. The van der Waals surface area contributed by atoms with Gasteiger partial charge in [0.2, 0.25) is 0 Å². The Labute approximate surface area is 133 Å². The van der Waals surface area contributed by atoms with Crippen molar-refractivity contribution in [3.05, 3.63) is 33.8 Å². The summed E-state index contributed by atoms with van der Waals surface area (Å²) in [6.45, 7) is 9.33. The molecule has 20 heavy (non-hydrogen) atoms. The second kappa shape index (κ2) is 8.89. The van der Waals surface area contributed by atoms with E-state index in [2.05, 4.69) is 25.7 Å². The van der Waals surface area contributed by atoms with Gasteiger partial charge in [0.1, 0.15) is 0 Å². The monoisotopic (exact) mass is 316 g/mol. The molecule has 0 aromatic heterocycles. The molecule has 1 unspecified atom stereocenters. The van der Waals surface area contributed by atoms with Crippen LogP contribution < -0.4 is 5.73 Å². The normalized spacial score (nSPS) is 13.2. The summed E-state index contributed by atoms with van der Waals surface area (Å²) in [6.07, 6.45) is 2.40. The lowest BCUT2D eigenvalue weighted by atomic mass is 9.99. The first kappa shape index (κ1) is 17.8. The van der Waals surface area contributed by atoms with E-state index in [1.165, 1.54) is 12.8 Å². The van der Waals surface area contributed by atoms with E-state index in [0.717, 1.165) is 18.7 Å². The van der Waals surface area contributed by atoms with Crippen LogP contribution in [0.3, 0.4) is 0 Å². The molecule has 4 heteroatoms. The van der Waals surface area contributed by atoms with Gasteiger partial charge >= 0.3 is 0 Å². The van der Waals surface area contributed by atoms with Crippen molar-refractivity contribution in [3.63, 3.8) is 0 Å². The molecule has 0 radical (unpaired) electrons. The van der Waals surface area contributed by atoms with Gasteiger partial charge in [-0.05, 0) is 30.2 Å². The van der Waals surface area contributed by atoms with Crippen LogP contribution in [0.1, 0.15) is 45.2 Å². The first-order chi connectivity index (χ1) is 9.57. The number of hydrogen-bond donors (Lipinski definition) is 1. The Balaban J connectivity index is 2.93. The van der Waals surface area contributed by atoms with Crippen LogP contribution >= 0.6 is 23.2 Å². The summed E-state index contributed by atoms with van der Waals surface area (Å²) in [5, 5.41) is 1.19. The first-order valence-electron chi connectivity index (χ1n) is 7.46. The lowest BCUT2D eigenvalue weighted by Crippen LogP contribution is -2.37. The number of nitrogens with two attached hydrogens (primary N) is 1. The molecule has 1 atom stereocenters. The molecule has 2 nitrogen and oxygen atoms in total. The quantitative estimate of drug-likeness (QED) is 0.749. The molecule has 1 aromatic carbocycles. The summed E-state index contributed by atoms with van der Waals surface area (Å²) >= 11 is 12.1. The summed E-state index contributed by atoms with van der Waals surface area (Å²) in [4.78, 5) is 2.44. The Bertz CT molecular complexity index is 405. The molecule has 1 aromatic rings. The molecule has 0 bridgehead atoms. The minimum atomic E-state index is 0.204. The number of rotatable bonds is 8. The van der Waals surface area contributed by atoms with Crippen molar-refractivity contribution >= 4 is 23.2 Å². The van der Waals surface area contributed by atoms with E-state index < -0.39 is 0 Å². The van der Waals surface area contributed by atoms with E-state index >= 15 is 0 Å². The second-order valence-electron chi connectivity index (χ2n) is 5.20. The van der Waals surface area contributed by atoms with Crippen LogP contribution in [-0.4, -0.2) is 24.5 Å². The minimum Gasteiger partial charge on any atom is -0.329 e. The largest absolute Gasteiger partial charge is 0.329 e. The smallest absolute Gasteiger partial charge is 0.0595 e. The highest BCUT2D eigenvalue weighted by Gasteiger charge is 2.20. The lowest BCUT2D eigenvalue weighted by Gasteiger charge is -2.33. The third-order valence-electron chi connectivity index (χ3n) is 4.05. The van der Waals surface area contributed by atoms with Crippen molar-refractivity contribution in [2.75, 3.05) is 19.6 Å². The van der Waals surface area contributed by atoms with Crippen LogP contribution in [0.5, 0.6) is 0 Å². The zero-order valence-electron chi connectivity index (χ0n) is 12.7. The third kappa shape index (κ3) is 4.63. The van der Waals surface area contributed by atoms with Crippen molar-refractivity contribution in [1.82, 2.24) is 4.90 Å². The molecule has 0 saturated heterocycles. The molecule has 0 saturated carbocycles. The van der Waals surface area contributed by atoms with Gasteiger partial charge in [0.15, 0.2) is 0 Å². The first-order valence-corrected chi connectivity index (χ1v) is 8.21. The second-order valence-corrected chi connectivity index (χ2v) is 6.01. The van der Waals surface area contributed by atoms with Crippen LogP contribution in [-0.2, 0) is 0 Å². The number of nitrogens with zero attached hydrogens (tertiary/aromatic N) is 1. The fourth-order valence-corrected chi connectivity index (χ4v) is 2.88. The molecule has 114 valence electrons. The molecular formula is C16H26Cl2N2. The van der Waals surface area contributed by atoms with E-state index in [-0.39, 0.29) is 6.04 Å². The Morgan fingerprint density at radius 1 is 1.10 bits per heavy atom. The number of likely N-dealkylation sites (N-methyl/N-ethyl adjacent to an activating group) is 1. The van der Waals surface area contributed by atoms with E-state index in [1.54, 1.807) is 0 Å². The molecule has 0 fully saturated rings. The molecule has 0 aliphatic rings. The summed E-state index contributed by atoms with van der Waals surface area (Å²) in [6, 6.07) is 6.03. The van der Waals surface area contributed by atoms with E-state index in [9.17, 15) is 0 Å². The zero-order valence-corrected chi connectivity index (χ0v) is 14.2. The van der Waals surface area contributed by atoms with Crippen LogP contribution in [0.4, 0.5) is 0 Å². The van der Waals surface area contributed by atoms with Gasteiger partial charge in [-0.2, -0.15) is 0 Å². The molecular weight excluding hydrogens is 291 g/mol. The van der Waals surface area contributed by atoms with Gasteiger partial charge in [0.05, 0.1) is 10.0 Å². The van der Waals surface area contributed by atoms with Gasteiger partial charge in [-0.25, -0.2) is 0 Å². The Hall–Kier alpha value is -0.280. The van der Waals surface area contributed by atoms with Gasteiger partial charge in [-0.15, -0.1) is 0 Å². The topological polar surface area (TPSA) is 29.3 Å². The summed E-state index contributed by atoms with van der Waals surface area (Å²) in [7, 11) is 0. The Morgan fingerprint density at radius 3 is 2.20 bits per heavy atom. The van der Waals surface area contributed by atoms with E-state index in [4.69, 9.17) is 28.9 Å². The van der Waals surface area contributed by atoms with Crippen LogP contribution in [0.25, 0.3) is 0 Å². The van der Waals surface area contributed by atoms with Crippen LogP contribution in [0.15, 0.2) is 18.2 Å². The summed E-state index contributed by atoms with van der Waals surface area (Å²) < 4.78 is 0. The van der Waals surface area contributed by atoms with Gasteiger partial charge in [-0.3, -0.25) is 4.90 Å². The van der Waals surface area contributed by atoms with Gasteiger partial charge < -0.3 is 5.73 Å². The fourth-order valence-electron chi connectivity index (χ4n) is 2.57. The van der Waals surface area contributed by atoms with Crippen molar-refractivity contribution in [2.24, 2.45) is 11.7 Å². The minimum absolute atomic E-state index is 0.204. The highest BCUT2D eigenvalue weighted by atomic mass is 35.5. The molecule has 1 rings (SSSR count). The zero-order chi connectivity index (χ0) is 15.1. The maximum Gasteiger partial charge on any atom is 0.0595 e. The molecule has 0 heterocycles. The Kier molecular flexibility index (Phi) is 7.90. The van der Waals surface area contributed by atoms with Crippen LogP contribution in [0.2, 0.25) is 10.0 Å². The van der Waals surface area contributed by atoms with Gasteiger partial charge in [-0.1, -0.05) is 62.9 Å². The van der Waals surface area contributed by atoms with Crippen molar-refractivity contribution in [3.8, 4) is 0 Å². The number of benzene rings is 1. The van der Waals surface area contributed by atoms with Crippen LogP contribution in [0, 0.1) is 5.92 Å². The Morgan fingerprint density at radius 2 is 1.75 bits per heavy atom. The molecule has 0 aliphatic heterocycles. The summed E-state index contributed by atoms with van der Waals surface area (Å²) in [5.41, 5.74) is 7.16. The maximum absolute atomic E-state index is 6.13. The summed E-state index contributed by atoms with van der Waals surface area (Å²) in [5.74, 6) is 0.715. The predicted octanol–water partition coefficient (Wildman–Crippen LogP) is 4.75. The SMILES string of the molecule is CCC(CC)CN(CC)C(CN)c1ccc(Cl)c(Cl)c1. The molecule has 0 spiro atoms. The number of halogens is 2. The highest BCUT2D eigenvalue weighted by molar-refractivity contribution is 6.42. The predicted molar refractivity (Wildman–Crippen MR) is 89.6 cm³/mol. The molecule has 2 N–H and O–H groups in total. The van der Waals surface area contributed by atoms with E-state index in [0.29, 0.717) is 22.5 Å². The fraction of sp³-hybridized carbons (Fsp3) is 0.625. The lowest BCUT2D eigenvalue weighted by molar-refractivity contribution is 0.174. The standard InChI is InChI=1S/C16H26Cl2N2/c1-4-12(5-2)11-20(6-3)16(10-19)13-7-8-14(17)15(18)9-13/h7-9,12,16H,4-6,10-11,19H2,1-3H3.